The molecule has 0 aliphatic carbocycles. The molecule has 0 spiro atoms. The Hall–Kier alpha value is -1.73. The second-order valence-corrected chi connectivity index (χ2v) is 6.08. The van der Waals surface area contributed by atoms with Crippen molar-refractivity contribution in [1.82, 2.24) is 19.9 Å². The maximum atomic E-state index is 12.2. The first-order chi connectivity index (χ1) is 10.1. The lowest BCUT2D eigenvalue weighted by molar-refractivity contribution is 0.0945. The molecule has 7 heteroatoms. The summed E-state index contributed by atoms with van der Waals surface area (Å²) >= 11 is 6.71. The van der Waals surface area contributed by atoms with Crippen molar-refractivity contribution in [2.45, 2.75) is 6.54 Å². The zero-order valence-electron chi connectivity index (χ0n) is 10.8. The fourth-order valence-corrected chi connectivity index (χ4v) is 2.73. The minimum Gasteiger partial charge on any atom is -0.347 e. The summed E-state index contributed by atoms with van der Waals surface area (Å²) in [7, 11) is 0. The Morgan fingerprint density at radius 2 is 2.00 bits per heavy atom. The molecular weight excluding hydrogens is 400 g/mol. The van der Waals surface area contributed by atoms with E-state index in [4.69, 9.17) is 0 Å². The van der Waals surface area contributed by atoms with E-state index in [9.17, 15) is 4.79 Å². The molecule has 106 valence electrons. The molecule has 0 radical (unpaired) electrons. The first-order valence-corrected chi connectivity index (χ1v) is 7.75. The summed E-state index contributed by atoms with van der Waals surface area (Å²) in [4.78, 5) is 16.5. The highest BCUT2D eigenvalue weighted by molar-refractivity contribution is 9.11. The van der Waals surface area contributed by atoms with Gasteiger partial charge in [-0.25, -0.2) is 9.50 Å². The molecule has 1 aromatic carbocycles. The van der Waals surface area contributed by atoms with E-state index in [1.807, 2.05) is 30.3 Å². The Bertz CT molecular complexity index is 801. The van der Waals surface area contributed by atoms with Gasteiger partial charge in [-0.15, -0.1) is 0 Å². The van der Waals surface area contributed by atoms with E-state index in [1.165, 1.54) is 0 Å². The van der Waals surface area contributed by atoms with Gasteiger partial charge in [-0.3, -0.25) is 4.79 Å². The number of carbonyl (C=O) groups is 1. The minimum absolute atomic E-state index is 0.243. The van der Waals surface area contributed by atoms with E-state index in [-0.39, 0.29) is 5.91 Å². The van der Waals surface area contributed by atoms with Crippen LogP contribution in [0.1, 0.15) is 16.1 Å². The maximum absolute atomic E-state index is 12.2. The summed E-state index contributed by atoms with van der Waals surface area (Å²) in [6.07, 6.45) is 3.41. The van der Waals surface area contributed by atoms with Crippen LogP contribution in [0, 0.1) is 0 Å². The Balaban J connectivity index is 1.83. The van der Waals surface area contributed by atoms with Crippen molar-refractivity contribution in [3.63, 3.8) is 0 Å². The van der Waals surface area contributed by atoms with Crippen LogP contribution in [0.5, 0.6) is 0 Å². The second-order valence-electron chi connectivity index (χ2n) is 4.37. The molecule has 2 aromatic heterocycles. The van der Waals surface area contributed by atoms with Crippen LogP contribution in [0.15, 0.2) is 51.7 Å². The average molecular weight is 410 g/mol. The molecule has 0 unspecified atom stereocenters. The number of hydrogen-bond acceptors (Lipinski definition) is 3. The summed E-state index contributed by atoms with van der Waals surface area (Å²) in [6.45, 7) is 0.455. The number of carbonyl (C=O) groups excluding carboxylic acids is 1. The standard InChI is InChI=1S/C14H10Br2N4O/c15-10-7-17-13-11(16)12(19-20(13)8-10)14(21)18-6-9-4-2-1-3-5-9/h1-5,7-8H,6H2,(H,18,21). The fraction of sp³-hybridized carbons (Fsp3) is 0.0714. The van der Waals surface area contributed by atoms with Crippen molar-refractivity contribution in [2.24, 2.45) is 0 Å². The lowest BCUT2D eigenvalue weighted by Gasteiger charge is -2.03. The lowest BCUT2D eigenvalue weighted by Crippen LogP contribution is -2.23. The number of halogens is 2. The first-order valence-electron chi connectivity index (χ1n) is 6.16. The van der Waals surface area contributed by atoms with Crippen molar-refractivity contribution in [1.29, 1.82) is 0 Å². The number of amides is 1. The molecule has 0 atom stereocenters. The van der Waals surface area contributed by atoms with Gasteiger partial charge in [0.15, 0.2) is 11.3 Å². The van der Waals surface area contributed by atoms with Gasteiger partial charge in [0.25, 0.3) is 5.91 Å². The van der Waals surface area contributed by atoms with E-state index >= 15 is 0 Å². The number of aromatic nitrogens is 3. The minimum atomic E-state index is -0.243. The number of fused-ring (bicyclic) bond motifs is 1. The summed E-state index contributed by atoms with van der Waals surface area (Å²) in [5.41, 5.74) is 1.95. The predicted octanol–water partition coefficient (Wildman–Crippen LogP) is 3.18. The van der Waals surface area contributed by atoms with Crippen molar-refractivity contribution in [2.75, 3.05) is 0 Å². The molecule has 2 heterocycles. The van der Waals surface area contributed by atoms with Gasteiger partial charge in [0.1, 0.15) is 0 Å². The zero-order chi connectivity index (χ0) is 14.8. The molecule has 1 N–H and O–H groups in total. The number of benzene rings is 1. The van der Waals surface area contributed by atoms with Gasteiger partial charge < -0.3 is 5.32 Å². The summed E-state index contributed by atoms with van der Waals surface area (Å²) in [5, 5.41) is 7.10. The van der Waals surface area contributed by atoms with E-state index in [2.05, 4.69) is 47.3 Å². The summed E-state index contributed by atoms with van der Waals surface area (Å²) in [6, 6.07) is 9.72. The molecule has 0 aliphatic heterocycles. The number of nitrogens with zero attached hydrogens (tertiary/aromatic N) is 3. The van der Waals surface area contributed by atoms with Crippen LogP contribution < -0.4 is 5.32 Å². The fourth-order valence-electron chi connectivity index (χ4n) is 1.89. The van der Waals surface area contributed by atoms with Crippen molar-refractivity contribution < 1.29 is 4.79 Å². The van der Waals surface area contributed by atoms with Gasteiger partial charge >= 0.3 is 0 Å². The quantitative estimate of drug-likeness (QED) is 0.722. The van der Waals surface area contributed by atoms with E-state index in [1.54, 1.807) is 16.9 Å². The molecule has 3 aromatic rings. The SMILES string of the molecule is O=C(NCc1ccccc1)c1nn2cc(Br)cnc2c1Br. The van der Waals surface area contributed by atoms with Crippen LogP contribution in [0.4, 0.5) is 0 Å². The third kappa shape index (κ3) is 2.98. The monoisotopic (exact) mass is 408 g/mol. The third-order valence-corrected chi connectivity index (χ3v) is 4.04. The van der Waals surface area contributed by atoms with Gasteiger partial charge in [-0.2, -0.15) is 5.10 Å². The van der Waals surface area contributed by atoms with Crippen molar-refractivity contribution in [3.05, 3.63) is 62.9 Å². The second kappa shape index (κ2) is 5.95. The van der Waals surface area contributed by atoms with E-state index in [0.717, 1.165) is 10.0 Å². The summed E-state index contributed by atoms with van der Waals surface area (Å²) in [5.74, 6) is -0.243. The van der Waals surface area contributed by atoms with Crippen LogP contribution in [0.2, 0.25) is 0 Å². The molecule has 0 aliphatic rings. The van der Waals surface area contributed by atoms with Crippen LogP contribution in [-0.2, 0) is 6.54 Å². The van der Waals surface area contributed by atoms with Crippen LogP contribution in [0.25, 0.3) is 5.65 Å². The zero-order valence-corrected chi connectivity index (χ0v) is 13.9. The van der Waals surface area contributed by atoms with Gasteiger partial charge in [0.2, 0.25) is 0 Å². The topological polar surface area (TPSA) is 59.3 Å². The number of rotatable bonds is 3. The number of hydrogen-bond donors (Lipinski definition) is 1. The van der Waals surface area contributed by atoms with Crippen molar-refractivity contribution in [3.8, 4) is 0 Å². The normalized spacial score (nSPS) is 10.8. The summed E-state index contributed by atoms with van der Waals surface area (Å²) < 4.78 is 2.94. The largest absolute Gasteiger partial charge is 0.347 e. The molecule has 0 saturated heterocycles. The lowest BCUT2D eigenvalue weighted by atomic mass is 10.2. The van der Waals surface area contributed by atoms with Gasteiger partial charge in [0.05, 0.1) is 8.95 Å². The Kier molecular flexibility index (Phi) is 4.03. The van der Waals surface area contributed by atoms with E-state index in [0.29, 0.717) is 22.4 Å². The van der Waals surface area contributed by atoms with Gasteiger partial charge in [-0.05, 0) is 37.4 Å². The molecule has 3 rings (SSSR count). The highest BCUT2D eigenvalue weighted by Gasteiger charge is 2.18. The smallest absolute Gasteiger partial charge is 0.273 e. The Labute approximate surface area is 137 Å². The Morgan fingerprint density at radius 1 is 1.24 bits per heavy atom. The van der Waals surface area contributed by atoms with Crippen LogP contribution >= 0.6 is 31.9 Å². The molecule has 1 amide bonds. The molecule has 0 bridgehead atoms. The Morgan fingerprint density at radius 3 is 2.76 bits per heavy atom. The molecule has 0 fully saturated rings. The van der Waals surface area contributed by atoms with Crippen LogP contribution in [-0.4, -0.2) is 20.5 Å². The van der Waals surface area contributed by atoms with Crippen molar-refractivity contribution >= 4 is 43.4 Å². The number of nitrogens with one attached hydrogen (secondary N) is 1. The average Bonchev–Trinajstić information content (AvgIpc) is 2.82. The highest BCUT2D eigenvalue weighted by atomic mass is 79.9. The van der Waals surface area contributed by atoms with Gasteiger partial charge in [0, 0.05) is 18.9 Å². The molecular formula is C14H10Br2N4O. The van der Waals surface area contributed by atoms with Gasteiger partial charge in [-0.1, -0.05) is 30.3 Å². The highest BCUT2D eigenvalue weighted by Crippen LogP contribution is 2.22. The van der Waals surface area contributed by atoms with E-state index < -0.39 is 0 Å². The molecule has 21 heavy (non-hydrogen) atoms. The first kappa shape index (κ1) is 14.2. The van der Waals surface area contributed by atoms with Crippen LogP contribution in [0.3, 0.4) is 0 Å². The predicted molar refractivity (Wildman–Crippen MR) is 86.0 cm³/mol. The third-order valence-electron chi connectivity index (χ3n) is 2.90. The maximum Gasteiger partial charge on any atom is 0.273 e. The molecule has 5 nitrogen and oxygen atoms in total. The molecule has 0 saturated carbocycles.